The van der Waals surface area contributed by atoms with Crippen molar-refractivity contribution in [3.05, 3.63) is 42.5 Å². The minimum absolute atomic E-state index is 0.223. The number of methoxy groups -OCH3 is 2. The van der Waals surface area contributed by atoms with Crippen LogP contribution in [0.2, 0.25) is 0 Å². The van der Waals surface area contributed by atoms with E-state index < -0.39 is 0 Å². The highest BCUT2D eigenvalue weighted by Gasteiger charge is 2.08. The molecule has 2 aromatic carbocycles. The zero-order valence-corrected chi connectivity index (χ0v) is 13.8. The second-order valence-electron chi connectivity index (χ2n) is 4.49. The van der Waals surface area contributed by atoms with E-state index in [0.717, 1.165) is 22.6 Å². The van der Waals surface area contributed by atoms with Gasteiger partial charge in [0.15, 0.2) is 13.6 Å². The van der Waals surface area contributed by atoms with E-state index >= 15 is 0 Å². The van der Waals surface area contributed by atoms with Gasteiger partial charge in [0.05, 0.1) is 0 Å². The summed E-state index contributed by atoms with van der Waals surface area (Å²) >= 11 is 1.70. The molecular weight excluding hydrogens is 300 g/mol. The summed E-state index contributed by atoms with van der Waals surface area (Å²) in [5, 5.41) is 0. The van der Waals surface area contributed by atoms with Crippen molar-refractivity contribution in [2.24, 2.45) is 0 Å². The van der Waals surface area contributed by atoms with Crippen LogP contribution in [-0.4, -0.2) is 34.1 Å². The fourth-order valence-electron chi connectivity index (χ4n) is 1.97. The van der Waals surface area contributed by atoms with Gasteiger partial charge < -0.3 is 18.9 Å². The van der Waals surface area contributed by atoms with Crippen molar-refractivity contribution in [3.8, 4) is 22.6 Å². The third kappa shape index (κ3) is 4.40. The lowest BCUT2D eigenvalue weighted by Crippen LogP contribution is -2.00. The van der Waals surface area contributed by atoms with E-state index in [1.807, 2.05) is 36.4 Å². The van der Waals surface area contributed by atoms with E-state index in [2.05, 4.69) is 12.3 Å². The number of thioether (sulfide) groups is 1. The van der Waals surface area contributed by atoms with E-state index in [4.69, 9.17) is 18.9 Å². The maximum atomic E-state index is 5.65. The van der Waals surface area contributed by atoms with Gasteiger partial charge in [0.2, 0.25) is 0 Å². The Hall–Kier alpha value is -1.69. The Balaban J connectivity index is 2.28. The highest BCUT2D eigenvalue weighted by Crippen LogP contribution is 2.34. The minimum atomic E-state index is 0.223. The molecule has 0 amide bonds. The summed E-state index contributed by atoms with van der Waals surface area (Å²) < 4.78 is 21.0. The molecule has 2 aromatic rings. The molecular formula is C17H20O4S. The maximum absolute atomic E-state index is 5.65. The van der Waals surface area contributed by atoms with Crippen molar-refractivity contribution < 1.29 is 18.9 Å². The molecule has 0 unspecified atom stereocenters. The van der Waals surface area contributed by atoms with E-state index in [1.165, 1.54) is 4.90 Å². The van der Waals surface area contributed by atoms with Gasteiger partial charge in [0.25, 0.3) is 0 Å². The van der Waals surface area contributed by atoms with E-state index in [1.54, 1.807) is 26.0 Å². The molecule has 118 valence electrons. The molecule has 2 rings (SSSR count). The number of ether oxygens (including phenoxy) is 4. The highest BCUT2D eigenvalue weighted by atomic mass is 32.2. The minimum Gasteiger partial charge on any atom is -0.468 e. The first-order valence-corrected chi connectivity index (χ1v) is 8.03. The fourth-order valence-corrected chi connectivity index (χ4v) is 2.41. The van der Waals surface area contributed by atoms with Crippen LogP contribution < -0.4 is 9.47 Å². The van der Waals surface area contributed by atoms with Gasteiger partial charge in [-0.1, -0.05) is 12.1 Å². The molecule has 0 saturated carbocycles. The summed E-state index contributed by atoms with van der Waals surface area (Å²) in [5.74, 6) is 1.57. The lowest BCUT2D eigenvalue weighted by molar-refractivity contribution is 0.0509. The summed E-state index contributed by atoms with van der Waals surface area (Å²) in [6.07, 6.45) is 2.05. The van der Waals surface area contributed by atoms with E-state index in [9.17, 15) is 0 Å². The monoisotopic (exact) mass is 320 g/mol. The van der Waals surface area contributed by atoms with Crippen LogP contribution in [0.4, 0.5) is 0 Å². The largest absolute Gasteiger partial charge is 0.468 e. The second kappa shape index (κ2) is 8.68. The van der Waals surface area contributed by atoms with Crippen LogP contribution in [0.5, 0.6) is 11.5 Å². The molecule has 22 heavy (non-hydrogen) atoms. The van der Waals surface area contributed by atoms with Crippen LogP contribution in [0.1, 0.15) is 0 Å². The lowest BCUT2D eigenvalue weighted by Gasteiger charge is -2.13. The zero-order chi connectivity index (χ0) is 15.8. The van der Waals surface area contributed by atoms with Crippen molar-refractivity contribution in [1.29, 1.82) is 0 Å². The Morgan fingerprint density at radius 3 is 2.18 bits per heavy atom. The second-order valence-corrected chi connectivity index (χ2v) is 5.37. The third-order valence-corrected chi connectivity index (χ3v) is 3.75. The topological polar surface area (TPSA) is 36.9 Å². The van der Waals surface area contributed by atoms with Crippen LogP contribution in [0.3, 0.4) is 0 Å². The van der Waals surface area contributed by atoms with Gasteiger partial charge in [-0.15, -0.1) is 11.8 Å². The Morgan fingerprint density at radius 2 is 1.55 bits per heavy atom. The Morgan fingerprint density at radius 1 is 0.864 bits per heavy atom. The number of rotatable bonds is 8. The standard InChI is InChI=1S/C17H20O4S/c1-18-11-20-14-6-4-13(5-7-14)16-10-15(22-3)8-9-17(16)21-12-19-2/h4-10H,11-12H2,1-3H3. The molecule has 0 bridgehead atoms. The summed E-state index contributed by atoms with van der Waals surface area (Å²) in [7, 11) is 3.21. The van der Waals surface area contributed by atoms with E-state index in [0.29, 0.717) is 0 Å². The molecule has 0 fully saturated rings. The van der Waals surface area contributed by atoms with Crippen LogP contribution >= 0.6 is 11.8 Å². The summed E-state index contributed by atoms with van der Waals surface area (Å²) in [5.41, 5.74) is 2.09. The van der Waals surface area contributed by atoms with Gasteiger partial charge in [-0.3, -0.25) is 0 Å². The van der Waals surface area contributed by atoms with Crippen molar-refractivity contribution >= 4 is 11.8 Å². The lowest BCUT2D eigenvalue weighted by atomic mass is 10.0. The van der Waals surface area contributed by atoms with Crippen LogP contribution in [-0.2, 0) is 9.47 Å². The average molecular weight is 320 g/mol. The van der Waals surface area contributed by atoms with Crippen molar-refractivity contribution in [2.75, 3.05) is 34.1 Å². The van der Waals surface area contributed by atoms with Gasteiger partial charge in [-0.25, -0.2) is 0 Å². The molecule has 0 aromatic heterocycles. The molecule has 4 nitrogen and oxygen atoms in total. The Kier molecular flexibility index (Phi) is 6.58. The zero-order valence-electron chi connectivity index (χ0n) is 13.0. The summed E-state index contributed by atoms with van der Waals surface area (Å²) in [6, 6.07) is 14.0. The summed E-state index contributed by atoms with van der Waals surface area (Å²) in [6.45, 7) is 0.462. The van der Waals surface area contributed by atoms with Crippen molar-refractivity contribution in [2.45, 2.75) is 4.90 Å². The quantitative estimate of drug-likeness (QED) is 0.542. The number of hydrogen-bond acceptors (Lipinski definition) is 5. The van der Waals surface area contributed by atoms with Gasteiger partial charge >= 0.3 is 0 Å². The molecule has 0 heterocycles. The van der Waals surface area contributed by atoms with Gasteiger partial charge in [0.1, 0.15) is 11.5 Å². The molecule has 5 heteroatoms. The molecule has 0 aliphatic rings. The maximum Gasteiger partial charge on any atom is 0.188 e. The average Bonchev–Trinajstić information content (AvgIpc) is 2.58. The molecule has 0 aliphatic heterocycles. The number of hydrogen-bond donors (Lipinski definition) is 0. The van der Waals surface area contributed by atoms with Crippen molar-refractivity contribution in [3.63, 3.8) is 0 Å². The van der Waals surface area contributed by atoms with Crippen LogP contribution in [0, 0.1) is 0 Å². The van der Waals surface area contributed by atoms with Crippen LogP contribution in [0.25, 0.3) is 11.1 Å². The van der Waals surface area contributed by atoms with Gasteiger partial charge in [-0.2, -0.15) is 0 Å². The predicted molar refractivity (Wildman–Crippen MR) is 88.7 cm³/mol. The molecule has 0 spiro atoms. The molecule has 0 atom stereocenters. The summed E-state index contributed by atoms with van der Waals surface area (Å²) in [4.78, 5) is 1.18. The van der Waals surface area contributed by atoms with Crippen molar-refractivity contribution in [1.82, 2.24) is 0 Å². The highest BCUT2D eigenvalue weighted by molar-refractivity contribution is 7.98. The Labute approximate surface area is 135 Å². The molecule has 0 N–H and O–H groups in total. The first kappa shape index (κ1) is 16.7. The van der Waals surface area contributed by atoms with E-state index in [-0.39, 0.29) is 13.6 Å². The van der Waals surface area contributed by atoms with Crippen LogP contribution in [0.15, 0.2) is 47.4 Å². The van der Waals surface area contributed by atoms with Gasteiger partial charge in [-0.05, 0) is 42.2 Å². The molecule has 0 radical (unpaired) electrons. The molecule has 0 aliphatic carbocycles. The smallest absolute Gasteiger partial charge is 0.188 e. The first-order valence-electron chi connectivity index (χ1n) is 6.80. The normalized spacial score (nSPS) is 10.5. The first-order chi connectivity index (χ1) is 10.8. The Bertz CT molecular complexity index is 584. The predicted octanol–water partition coefficient (Wildman–Crippen LogP) is 4.04. The molecule has 0 saturated heterocycles. The SMILES string of the molecule is COCOc1ccc(-c2cc(SC)ccc2OCOC)cc1. The fraction of sp³-hybridized carbons (Fsp3) is 0.294. The number of benzene rings is 2. The third-order valence-electron chi connectivity index (χ3n) is 3.03. The van der Waals surface area contributed by atoms with Gasteiger partial charge in [0, 0.05) is 24.7 Å².